The molecular weight excluding hydrogens is 339 g/mol. The number of fused-ring (bicyclic) bond motifs is 1. The summed E-state index contributed by atoms with van der Waals surface area (Å²) in [6, 6.07) is 3.36. The molecule has 2 saturated carbocycles. The summed E-state index contributed by atoms with van der Waals surface area (Å²) < 4.78 is 17.0. The molecule has 0 amide bonds. The predicted molar refractivity (Wildman–Crippen MR) is 83.7 cm³/mol. The number of hydrogen-bond donors (Lipinski definition) is 1. The molecule has 2 aliphatic rings. The lowest BCUT2D eigenvalue weighted by molar-refractivity contribution is 0.351. The number of hydrogen-bond acceptors (Lipinski definition) is 1. The average Bonchev–Trinajstić information content (AvgIpc) is 3.28. The van der Waals surface area contributed by atoms with Crippen LogP contribution in [0.3, 0.4) is 0 Å². The van der Waals surface area contributed by atoms with Gasteiger partial charge in [-0.15, -0.1) is 0 Å². The largest absolute Gasteiger partial charge is 0.330 e. The molecular formula is C15H16BrFN2S. The second-order valence-corrected chi connectivity index (χ2v) is 7.40. The molecule has 5 heteroatoms. The minimum atomic E-state index is -0.248. The third-order valence-corrected chi connectivity index (χ3v) is 5.59. The van der Waals surface area contributed by atoms with Crippen molar-refractivity contribution in [2.24, 2.45) is 17.8 Å². The average molecular weight is 355 g/mol. The van der Waals surface area contributed by atoms with Crippen molar-refractivity contribution in [3.8, 4) is 0 Å². The number of benzene rings is 1. The number of H-pyrrole nitrogens is 1. The standard InChI is InChI=1S/C15H16BrFN2S/c16-11-5-14-13(6-12(11)17)18-15(20)19(14)7-10(8-1-2-8)9-3-4-9/h5-6,8-10H,1-4,7H2,(H,18,20). The zero-order valence-corrected chi connectivity index (χ0v) is 13.4. The minimum Gasteiger partial charge on any atom is -0.330 e. The quantitative estimate of drug-likeness (QED) is 0.763. The molecule has 1 N–H and O–H groups in total. The Labute approximate surface area is 130 Å². The third-order valence-electron chi connectivity index (χ3n) is 4.66. The van der Waals surface area contributed by atoms with Crippen LogP contribution in [0.4, 0.5) is 4.39 Å². The van der Waals surface area contributed by atoms with Crippen molar-refractivity contribution < 1.29 is 4.39 Å². The predicted octanol–water partition coefficient (Wildman–Crippen LogP) is 5.04. The van der Waals surface area contributed by atoms with Gasteiger partial charge in [0.2, 0.25) is 0 Å². The maximum atomic E-state index is 13.6. The smallest absolute Gasteiger partial charge is 0.178 e. The minimum absolute atomic E-state index is 0.248. The van der Waals surface area contributed by atoms with Crippen LogP contribution in [0, 0.1) is 28.3 Å². The van der Waals surface area contributed by atoms with Gasteiger partial charge in [-0.25, -0.2) is 4.39 Å². The lowest BCUT2D eigenvalue weighted by Crippen LogP contribution is -2.15. The Bertz CT molecular complexity index is 715. The maximum absolute atomic E-state index is 13.6. The molecule has 2 fully saturated rings. The van der Waals surface area contributed by atoms with E-state index in [0.717, 1.165) is 35.3 Å². The van der Waals surface area contributed by atoms with Crippen molar-refractivity contribution in [3.05, 3.63) is 27.2 Å². The molecule has 1 aromatic carbocycles. The van der Waals surface area contributed by atoms with Crippen molar-refractivity contribution in [3.63, 3.8) is 0 Å². The molecule has 20 heavy (non-hydrogen) atoms. The molecule has 4 rings (SSSR count). The molecule has 0 spiro atoms. The molecule has 106 valence electrons. The Hall–Kier alpha value is -0.680. The van der Waals surface area contributed by atoms with E-state index >= 15 is 0 Å². The third kappa shape index (κ3) is 2.25. The van der Waals surface area contributed by atoms with Crippen LogP contribution in [-0.2, 0) is 6.54 Å². The molecule has 2 nitrogen and oxygen atoms in total. The van der Waals surface area contributed by atoms with E-state index in [1.807, 2.05) is 6.07 Å². The van der Waals surface area contributed by atoms with E-state index in [-0.39, 0.29) is 5.82 Å². The summed E-state index contributed by atoms with van der Waals surface area (Å²) in [5.41, 5.74) is 1.80. The SMILES string of the molecule is Fc1cc2[nH]c(=S)n(CC(C3CC3)C3CC3)c2cc1Br. The van der Waals surface area contributed by atoms with Crippen molar-refractivity contribution in [2.75, 3.05) is 0 Å². The summed E-state index contributed by atoms with van der Waals surface area (Å²) >= 11 is 8.71. The molecule has 0 atom stereocenters. The van der Waals surface area contributed by atoms with E-state index < -0.39 is 0 Å². The van der Waals surface area contributed by atoms with Crippen molar-refractivity contribution >= 4 is 39.2 Å². The van der Waals surface area contributed by atoms with Crippen LogP contribution in [0.2, 0.25) is 0 Å². The van der Waals surface area contributed by atoms with Gasteiger partial charge in [0.05, 0.1) is 15.5 Å². The van der Waals surface area contributed by atoms with Crippen LogP contribution < -0.4 is 0 Å². The van der Waals surface area contributed by atoms with E-state index in [0.29, 0.717) is 9.24 Å². The molecule has 1 heterocycles. The van der Waals surface area contributed by atoms with Gasteiger partial charge < -0.3 is 9.55 Å². The fraction of sp³-hybridized carbons (Fsp3) is 0.533. The summed E-state index contributed by atoms with van der Waals surface area (Å²) in [4.78, 5) is 3.14. The molecule has 1 aromatic heterocycles. The first-order valence-corrected chi connectivity index (χ1v) is 8.41. The Balaban J connectivity index is 1.76. The van der Waals surface area contributed by atoms with Gasteiger partial charge >= 0.3 is 0 Å². The second-order valence-electron chi connectivity index (χ2n) is 6.16. The summed E-state index contributed by atoms with van der Waals surface area (Å²) in [7, 11) is 0. The normalized spacial score (nSPS) is 19.1. The number of aromatic amines is 1. The van der Waals surface area contributed by atoms with Gasteiger partial charge in [0.25, 0.3) is 0 Å². The zero-order valence-electron chi connectivity index (χ0n) is 11.0. The highest BCUT2D eigenvalue weighted by atomic mass is 79.9. The fourth-order valence-corrected chi connectivity index (χ4v) is 3.89. The number of aromatic nitrogens is 2. The van der Waals surface area contributed by atoms with Crippen LogP contribution in [0.15, 0.2) is 16.6 Å². The van der Waals surface area contributed by atoms with Crippen LogP contribution in [0.25, 0.3) is 11.0 Å². The lowest BCUT2D eigenvalue weighted by atomic mass is 9.98. The zero-order chi connectivity index (χ0) is 13.9. The summed E-state index contributed by atoms with van der Waals surface area (Å²) in [6.07, 6.45) is 5.48. The molecule has 0 bridgehead atoms. The van der Waals surface area contributed by atoms with Crippen molar-refractivity contribution in [1.82, 2.24) is 9.55 Å². The number of rotatable bonds is 4. The van der Waals surface area contributed by atoms with E-state index in [4.69, 9.17) is 12.2 Å². The monoisotopic (exact) mass is 354 g/mol. The number of imidazole rings is 1. The van der Waals surface area contributed by atoms with E-state index in [2.05, 4.69) is 25.5 Å². The Morgan fingerprint density at radius 1 is 1.30 bits per heavy atom. The molecule has 0 saturated heterocycles. The van der Waals surface area contributed by atoms with Crippen LogP contribution >= 0.6 is 28.1 Å². The summed E-state index contributed by atoms with van der Waals surface area (Å²) in [5, 5.41) is 0. The highest BCUT2D eigenvalue weighted by Gasteiger charge is 2.41. The second kappa shape index (κ2) is 4.67. The van der Waals surface area contributed by atoms with Crippen molar-refractivity contribution in [2.45, 2.75) is 32.2 Å². The van der Waals surface area contributed by atoms with Crippen LogP contribution in [-0.4, -0.2) is 9.55 Å². The van der Waals surface area contributed by atoms with Gasteiger partial charge in [0.15, 0.2) is 4.77 Å². The molecule has 0 aliphatic heterocycles. The summed E-state index contributed by atoms with van der Waals surface area (Å²) in [5.74, 6) is 2.28. The van der Waals surface area contributed by atoms with E-state index in [9.17, 15) is 4.39 Å². The molecule has 0 radical (unpaired) electrons. The Morgan fingerprint density at radius 3 is 2.55 bits per heavy atom. The van der Waals surface area contributed by atoms with Crippen molar-refractivity contribution in [1.29, 1.82) is 0 Å². The molecule has 2 aromatic rings. The number of nitrogens with one attached hydrogen (secondary N) is 1. The number of halogens is 2. The lowest BCUT2D eigenvalue weighted by Gasteiger charge is -2.16. The van der Waals surface area contributed by atoms with Gasteiger partial charge in [0.1, 0.15) is 5.82 Å². The van der Waals surface area contributed by atoms with Gasteiger partial charge in [-0.1, -0.05) is 0 Å². The van der Waals surface area contributed by atoms with Gasteiger partial charge in [-0.05, 0) is 77.7 Å². The Kier molecular flexibility index (Phi) is 3.04. The highest BCUT2D eigenvalue weighted by molar-refractivity contribution is 9.10. The first kappa shape index (κ1) is 13.0. The molecule has 2 aliphatic carbocycles. The topological polar surface area (TPSA) is 20.7 Å². The van der Waals surface area contributed by atoms with Gasteiger partial charge in [-0.2, -0.15) is 0 Å². The van der Waals surface area contributed by atoms with Crippen LogP contribution in [0.5, 0.6) is 0 Å². The van der Waals surface area contributed by atoms with Gasteiger partial charge in [-0.3, -0.25) is 0 Å². The first-order valence-electron chi connectivity index (χ1n) is 7.21. The highest BCUT2D eigenvalue weighted by Crippen LogP contribution is 2.50. The van der Waals surface area contributed by atoms with E-state index in [1.54, 1.807) is 0 Å². The summed E-state index contributed by atoms with van der Waals surface area (Å²) in [6.45, 7) is 0.978. The maximum Gasteiger partial charge on any atom is 0.178 e. The van der Waals surface area contributed by atoms with Gasteiger partial charge in [0, 0.05) is 12.6 Å². The molecule has 0 unspecified atom stereocenters. The fourth-order valence-electron chi connectivity index (χ4n) is 3.28. The first-order chi connectivity index (χ1) is 9.63. The van der Waals surface area contributed by atoms with Crippen LogP contribution in [0.1, 0.15) is 25.7 Å². The Morgan fingerprint density at radius 2 is 1.95 bits per heavy atom. The number of nitrogens with zero attached hydrogens (tertiary/aromatic N) is 1. The van der Waals surface area contributed by atoms with E-state index in [1.165, 1.54) is 31.7 Å².